The molecule has 166 valence electrons. The van der Waals surface area contributed by atoms with Crippen molar-refractivity contribution in [2.24, 2.45) is 5.92 Å². The van der Waals surface area contributed by atoms with Crippen LogP contribution in [0.2, 0.25) is 0 Å². The molecule has 3 saturated heterocycles. The van der Waals surface area contributed by atoms with Crippen LogP contribution in [0.4, 0.5) is 5.69 Å². The number of amides is 3. The molecule has 1 aromatic rings. The molecule has 0 saturated carbocycles. The Balaban J connectivity index is 1.35. The van der Waals surface area contributed by atoms with E-state index in [0.29, 0.717) is 30.8 Å². The lowest BCUT2D eigenvalue weighted by atomic mass is 9.94. The fraction of sp³-hybridized carbons (Fsp3) is 0.609. The Bertz CT molecular complexity index is 880. The van der Waals surface area contributed by atoms with Crippen LogP contribution in [0, 0.1) is 5.92 Å². The Morgan fingerprint density at radius 1 is 1.06 bits per heavy atom. The van der Waals surface area contributed by atoms with E-state index >= 15 is 0 Å². The van der Waals surface area contributed by atoms with Gasteiger partial charge in [0, 0.05) is 44.3 Å². The molecule has 0 bridgehead atoms. The lowest BCUT2D eigenvalue weighted by Gasteiger charge is -2.37. The first kappa shape index (κ1) is 20.8. The summed E-state index contributed by atoms with van der Waals surface area (Å²) < 4.78 is 5.65. The first-order chi connectivity index (χ1) is 15.1. The zero-order chi connectivity index (χ0) is 21.4. The number of piperidine rings is 1. The average molecular weight is 444 g/mol. The van der Waals surface area contributed by atoms with Crippen molar-refractivity contribution in [2.75, 3.05) is 55.7 Å². The van der Waals surface area contributed by atoms with Crippen molar-refractivity contribution in [1.82, 2.24) is 9.80 Å². The highest BCUT2D eigenvalue weighted by Crippen LogP contribution is 2.35. The fourth-order valence-electron chi connectivity index (χ4n) is 5.18. The third-order valence-corrected chi connectivity index (χ3v) is 7.76. The van der Waals surface area contributed by atoms with Crippen LogP contribution in [0.3, 0.4) is 0 Å². The van der Waals surface area contributed by atoms with Crippen molar-refractivity contribution < 1.29 is 19.1 Å². The van der Waals surface area contributed by atoms with Gasteiger partial charge in [0.2, 0.25) is 5.91 Å². The summed E-state index contributed by atoms with van der Waals surface area (Å²) >= 11 is 1.90. The molecular weight excluding hydrogens is 414 g/mol. The Labute approximate surface area is 187 Å². The summed E-state index contributed by atoms with van der Waals surface area (Å²) in [5, 5.41) is 0. The highest BCUT2D eigenvalue weighted by Gasteiger charge is 2.41. The van der Waals surface area contributed by atoms with E-state index < -0.39 is 0 Å². The number of ether oxygens (including phenoxy) is 1. The second-order valence-electron chi connectivity index (χ2n) is 8.78. The molecule has 0 spiro atoms. The Kier molecular flexibility index (Phi) is 5.93. The van der Waals surface area contributed by atoms with Gasteiger partial charge in [-0.05, 0) is 37.8 Å². The number of anilines is 1. The SMILES string of the molecule is O=C([C@H]1CCCN(c2cccc3c2C(=O)N(C[C@H]2CCCO2)C3=O)C1)N1CCSCC1. The van der Waals surface area contributed by atoms with Crippen LogP contribution in [0.15, 0.2) is 18.2 Å². The summed E-state index contributed by atoms with van der Waals surface area (Å²) in [4.78, 5) is 44.8. The molecule has 0 aromatic heterocycles. The smallest absolute Gasteiger partial charge is 0.263 e. The quantitative estimate of drug-likeness (QED) is 0.665. The van der Waals surface area contributed by atoms with Gasteiger partial charge in [-0.3, -0.25) is 19.3 Å². The summed E-state index contributed by atoms with van der Waals surface area (Å²) in [5.74, 6) is 1.74. The van der Waals surface area contributed by atoms with Crippen molar-refractivity contribution in [2.45, 2.75) is 31.8 Å². The lowest BCUT2D eigenvalue weighted by molar-refractivity contribution is -0.135. The van der Waals surface area contributed by atoms with Gasteiger partial charge < -0.3 is 14.5 Å². The van der Waals surface area contributed by atoms with Gasteiger partial charge in [-0.25, -0.2) is 0 Å². The third-order valence-electron chi connectivity index (χ3n) is 6.82. The predicted molar refractivity (Wildman–Crippen MR) is 120 cm³/mol. The summed E-state index contributed by atoms with van der Waals surface area (Å²) in [6.07, 6.45) is 3.57. The molecule has 7 nitrogen and oxygen atoms in total. The number of fused-ring (bicyclic) bond motifs is 1. The molecule has 1 aromatic carbocycles. The molecule has 5 rings (SSSR count). The number of hydrogen-bond donors (Lipinski definition) is 0. The van der Waals surface area contributed by atoms with Crippen LogP contribution in [-0.2, 0) is 9.53 Å². The van der Waals surface area contributed by atoms with Crippen molar-refractivity contribution in [3.05, 3.63) is 29.3 Å². The molecule has 3 fully saturated rings. The van der Waals surface area contributed by atoms with Gasteiger partial charge in [-0.2, -0.15) is 11.8 Å². The maximum Gasteiger partial charge on any atom is 0.263 e. The number of hydrogen-bond acceptors (Lipinski definition) is 6. The zero-order valence-corrected chi connectivity index (χ0v) is 18.6. The normalized spacial score (nSPS) is 26.5. The van der Waals surface area contributed by atoms with E-state index in [1.807, 2.05) is 28.8 Å². The summed E-state index contributed by atoms with van der Waals surface area (Å²) in [5.41, 5.74) is 1.76. The Hall–Kier alpha value is -2.06. The maximum atomic E-state index is 13.3. The van der Waals surface area contributed by atoms with Crippen LogP contribution in [0.1, 0.15) is 46.4 Å². The van der Waals surface area contributed by atoms with Gasteiger partial charge in [-0.1, -0.05) is 6.07 Å². The molecule has 0 aliphatic carbocycles. The van der Waals surface area contributed by atoms with Gasteiger partial charge in [-0.15, -0.1) is 0 Å². The number of benzene rings is 1. The van der Waals surface area contributed by atoms with Crippen molar-refractivity contribution in [1.29, 1.82) is 0 Å². The minimum Gasteiger partial charge on any atom is -0.376 e. The highest BCUT2D eigenvalue weighted by atomic mass is 32.2. The number of thioether (sulfide) groups is 1. The molecule has 8 heteroatoms. The van der Waals surface area contributed by atoms with E-state index in [4.69, 9.17) is 4.74 Å². The van der Waals surface area contributed by atoms with Gasteiger partial charge in [0.25, 0.3) is 11.8 Å². The monoisotopic (exact) mass is 443 g/mol. The van der Waals surface area contributed by atoms with E-state index in [1.54, 1.807) is 6.07 Å². The Morgan fingerprint density at radius 2 is 1.90 bits per heavy atom. The highest BCUT2D eigenvalue weighted by molar-refractivity contribution is 7.99. The standard InChI is InChI=1S/C23H29N3O4S/c27-21(24-9-12-31-13-10-24)16-4-2-8-25(14-16)19-7-1-6-18-20(19)23(29)26(22(18)28)15-17-5-3-11-30-17/h1,6-7,16-17H,2-5,8-15H2/t16-,17+/m0/s1. The summed E-state index contributed by atoms with van der Waals surface area (Å²) in [7, 11) is 0. The number of nitrogens with zero attached hydrogens (tertiary/aromatic N) is 3. The topological polar surface area (TPSA) is 70.2 Å². The van der Waals surface area contributed by atoms with Crippen molar-refractivity contribution in [3.8, 4) is 0 Å². The van der Waals surface area contributed by atoms with E-state index in [-0.39, 0.29) is 29.7 Å². The van der Waals surface area contributed by atoms with Crippen molar-refractivity contribution in [3.63, 3.8) is 0 Å². The van der Waals surface area contributed by atoms with Gasteiger partial charge >= 0.3 is 0 Å². The number of carbonyl (C=O) groups is 3. The zero-order valence-electron chi connectivity index (χ0n) is 17.8. The molecule has 3 amide bonds. The van der Waals surface area contributed by atoms with E-state index in [2.05, 4.69) is 4.90 Å². The molecule has 4 aliphatic rings. The molecule has 31 heavy (non-hydrogen) atoms. The van der Waals surface area contributed by atoms with E-state index in [0.717, 1.165) is 62.5 Å². The molecule has 2 atom stereocenters. The Morgan fingerprint density at radius 3 is 2.68 bits per heavy atom. The third kappa shape index (κ3) is 3.96. The number of rotatable bonds is 4. The van der Waals surface area contributed by atoms with Gasteiger partial charge in [0.05, 0.1) is 35.4 Å². The summed E-state index contributed by atoms with van der Waals surface area (Å²) in [6, 6.07) is 5.51. The van der Waals surface area contributed by atoms with Crippen LogP contribution < -0.4 is 4.90 Å². The average Bonchev–Trinajstić information content (AvgIpc) is 3.42. The first-order valence-corrected chi connectivity index (χ1v) is 12.5. The van der Waals surface area contributed by atoms with E-state index in [9.17, 15) is 14.4 Å². The lowest BCUT2D eigenvalue weighted by Crippen LogP contribution is -2.47. The number of imide groups is 1. The molecule has 0 N–H and O–H groups in total. The van der Waals surface area contributed by atoms with Crippen molar-refractivity contribution >= 4 is 35.2 Å². The van der Waals surface area contributed by atoms with Gasteiger partial charge in [0.15, 0.2) is 0 Å². The molecular formula is C23H29N3O4S. The first-order valence-electron chi connectivity index (χ1n) is 11.4. The predicted octanol–water partition coefficient (Wildman–Crippen LogP) is 2.25. The van der Waals surface area contributed by atoms with E-state index in [1.165, 1.54) is 4.90 Å². The number of carbonyl (C=O) groups excluding carboxylic acids is 3. The maximum absolute atomic E-state index is 13.3. The fourth-order valence-corrected chi connectivity index (χ4v) is 6.08. The molecule has 0 unspecified atom stereocenters. The largest absolute Gasteiger partial charge is 0.376 e. The molecule has 0 radical (unpaired) electrons. The molecule has 4 heterocycles. The molecule has 4 aliphatic heterocycles. The second kappa shape index (κ2) is 8.82. The van der Waals surface area contributed by atoms with Crippen LogP contribution in [-0.4, -0.2) is 84.5 Å². The summed E-state index contributed by atoms with van der Waals surface area (Å²) in [6.45, 7) is 4.06. The van der Waals surface area contributed by atoms with Gasteiger partial charge in [0.1, 0.15) is 0 Å². The van der Waals surface area contributed by atoms with Crippen LogP contribution in [0.5, 0.6) is 0 Å². The minimum absolute atomic E-state index is 0.0529. The van der Waals surface area contributed by atoms with Crippen LogP contribution >= 0.6 is 11.8 Å². The minimum atomic E-state index is -0.229. The van der Waals surface area contributed by atoms with Crippen LogP contribution in [0.25, 0.3) is 0 Å². The second-order valence-corrected chi connectivity index (χ2v) is 10.0.